The molecule has 0 bridgehead atoms. The zero-order chi connectivity index (χ0) is 37.6. The first kappa shape index (κ1) is 31.0. The molecule has 14 rings (SSSR count). The maximum atomic E-state index is 5.71. The number of aromatic nitrogens is 4. The largest absolute Gasteiger partial charge is 0.308 e. The van der Waals surface area contributed by atoms with Gasteiger partial charge in [0.25, 0.3) is 0 Å². The molecule has 4 nitrogen and oxygen atoms in total. The van der Waals surface area contributed by atoms with E-state index < -0.39 is 0 Å². The molecule has 13 aromatic rings. The Balaban J connectivity index is 1.15. The number of fused-ring (bicyclic) bond motifs is 17. The van der Waals surface area contributed by atoms with Crippen molar-refractivity contribution in [2.45, 2.75) is 0 Å². The summed E-state index contributed by atoms with van der Waals surface area (Å²) in [6, 6.07) is 62.1. The predicted molar refractivity (Wildman–Crippen MR) is 246 cm³/mol. The fourth-order valence-corrected chi connectivity index (χ4v) is 12.1. The van der Waals surface area contributed by atoms with Crippen molar-refractivity contribution in [2.75, 3.05) is 0 Å². The molecule has 0 spiro atoms. The van der Waals surface area contributed by atoms with Gasteiger partial charge in [-0.15, -0.1) is 22.7 Å². The third-order valence-corrected chi connectivity index (χ3v) is 14.6. The minimum atomic E-state index is 0.844. The van der Waals surface area contributed by atoms with Crippen molar-refractivity contribution >= 4 is 107 Å². The Morgan fingerprint density at radius 3 is 1.81 bits per heavy atom. The van der Waals surface area contributed by atoms with E-state index in [1.165, 1.54) is 85.4 Å². The van der Waals surface area contributed by atoms with E-state index in [1.54, 1.807) is 11.3 Å². The summed E-state index contributed by atoms with van der Waals surface area (Å²) < 4.78 is 8.60. The third-order valence-electron chi connectivity index (χ3n) is 12.3. The van der Waals surface area contributed by atoms with Gasteiger partial charge in [0, 0.05) is 68.5 Å². The van der Waals surface area contributed by atoms with Crippen LogP contribution in [0.4, 0.5) is 0 Å². The Labute approximate surface area is 339 Å². The first-order valence-corrected chi connectivity index (χ1v) is 21.2. The molecule has 1 aliphatic heterocycles. The topological polar surface area (TPSA) is 35.6 Å². The van der Waals surface area contributed by atoms with Crippen LogP contribution in [-0.4, -0.2) is 19.1 Å². The van der Waals surface area contributed by atoms with Crippen LogP contribution in [-0.2, 0) is 0 Å². The van der Waals surface area contributed by atoms with E-state index in [9.17, 15) is 0 Å². The van der Waals surface area contributed by atoms with Crippen LogP contribution in [0.15, 0.2) is 170 Å². The average Bonchev–Trinajstić information content (AvgIpc) is 4.00. The second-order valence-corrected chi connectivity index (χ2v) is 17.4. The zero-order valence-electron chi connectivity index (χ0n) is 30.8. The Bertz CT molecular complexity index is 3930. The number of benzene rings is 8. The Morgan fingerprint density at radius 1 is 0.379 bits per heavy atom. The Morgan fingerprint density at radius 2 is 0.966 bits per heavy atom. The van der Waals surface area contributed by atoms with Crippen LogP contribution in [0.2, 0.25) is 0 Å². The van der Waals surface area contributed by atoms with E-state index in [-0.39, 0.29) is 0 Å². The van der Waals surface area contributed by atoms with Gasteiger partial charge in [0.15, 0.2) is 5.82 Å². The average molecular weight is 773 g/mol. The summed E-state index contributed by atoms with van der Waals surface area (Å²) in [5.41, 5.74) is 13.8. The maximum Gasteiger partial charge on any atom is 0.165 e. The summed E-state index contributed by atoms with van der Waals surface area (Å²) in [6.07, 6.45) is 0. The molecule has 0 N–H and O–H groups in total. The number of nitrogens with zero attached hydrogens (tertiary/aromatic N) is 4. The molecular formula is C52H28N4S2. The minimum Gasteiger partial charge on any atom is -0.308 e. The lowest BCUT2D eigenvalue weighted by atomic mass is 9.94. The fraction of sp³-hybridized carbons (Fsp3) is 0. The van der Waals surface area contributed by atoms with Crippen molar-refractivity contribution in [3.8, 4) is 45.0 Å². The predicted octanol–water partition coefficient (Wildman–Crippen LogP) is 14.7. The lowest BCUT2D eigenvalue weighted by Crippen LogP contribution is -2.03. The molecule has 0 aliphatic carbocycles. The molecule has 5 aromatic heterocycles. The van der Waals surface area contributed by atoms with Gasteiger partial charge < -0.3 is 4.57 Å². The highest BCUT2D eigenvalue weighted by Crippen LogP contribution is 2.49. The molecule has 0 unspecified atom stereocenters. The molecule has 1 aliphatic rings. The Hall–Kier alpha value is -7.12. The molecule has 268 valence electrons. The quantitative estimate of drug-likeness (QED) is 0.175. The van der Waals surface area contributed by atoms with E-state index in [1.807, 2.05) is 11.3 Å². The summed E-state index contributed by atoms with van der Waals surface area (Å²) in [4.78, 5) is 12.3. The monoisotopic (exact) mass is 772 g/mol. The van der Waals surface area contributed by atoms with E-state index in [0.717, 1.165) is 43.8 Å². The van der Waals surface area contributed by atoms with Gasteiger partial charge in [-0.1, -0.05) is 133 Å². The lowest BCUT2D eigenvalue weighted by Gasteiger charge is -2.14. The van der Waals surface area contributed by atoms with Crippen LogP contribution in [0.3, 0.4) is 0 Å². The van der Waals surface area contributed by atoms with E-state index in [4.69, 9.17) is 9.97 Å². The minimum absolute atomic E-state index is 0.844. The first-order chi connectivity index (χ1) is 28.8. The SMILES string of the molecule is c1ccc2c(c1)-c1ccccc1-n1c3cc4c5ccccc5n(-c5nc6c(nc5-c5cccc7c5sc5ccccc57)sc5ccccc56)c4cc3c3cccc-2c31. The number of para-hydroxylation sites is 3. The van der Waals surface area contributed by atoms with Crippen molar-refractivity contribution in [1.29, 1.82) is 0 Å². The summed E-state index contributed by atoms with van der Waals surface area (Å²) >= 11 is 3.56. The highest BCUT2D eigenvalue weighted by atomic mass is 32.1. The molecule has 8 aromatic carbocycles. The molecule has 6 heteroatoms. The van der Waals surface area contributed by atoms with Crippen LogP contribution in [0.5, 0.6) is 0 Å². The van der Waals surface area contributed by atoms with E-state index in [0.29, 0.717) is 0 Å². The normalized spacial score (nSPS) is 12.5. The molecule has 0 fully saturated rings. The highest BCUT2D eigenvalue weighted by molar-refractivity contribution is 7.26. The second kappa shape index (κ2) is 11.3. The number of rotatable bonds is 2. The third kappa shape index (κ3) is 3.98. The summed E-state index contributed by atoms with van der Waals surface area (Å²) in [5.74, 6) is 0.844. The van der Waals surface area contributed by atoms with Crippen LogP contribution < -0.4 is 0 Å². The van der Waals surface area contributed by atoms with Gasteiger partial charge in [0.2, 0.25) is 0 Å². The van der Waals surface area contributed by atoms with Gasteiger partial charge in [0.05, 0.1) is 27.8 Å². The molecule has 0 saturated carbocycles. The van der Waals surface area contributed by atoms with Crippen LogP contribution in [0, 0.1) is 0 Å². The van der Waals surface area contributed by atoms with Crippen LogP contribution >= 0.6 is 22.7 Å². The molecular weight excluding hydrogens is 745 g/mol. The number of thiophene rings is 2. The van der Waals surface area contributed by atoms with E-state index >= 15 is 0 Å². The zero-order valence-corrected chi connectivity index (χ0v) is 32.4. The van der Waals surface area contributed by atoms with Gasteiger partial charge in [-0.25, -0.2) is 9.97 Å². The molecule has 0 amide bonds. The fourth-order valence-electron chi connectivity index (χ4n) is 9.86. The van der Waals surface area contributed by atoms with Gasteiger partial charge in [-0.3, -0.25) is 4.57 Å². The van der Waals surface area contributed by atoms with Gasteiger partial charge >= 0.3 is 0 Å². The van der Waals surface area contributed by atoms with E-state index in [2.05, 4.69) is 179 Å². The molecule has 0 atom stereocenters. The van der Waals surface area contributed by atoms with Gasteiger partial charge in [-0.2, -0.15) is 0 Å². The smallest absolute Gasteiger partial charge is 0.165 e. The first-order valence-electron chi connectivity index (χ1n) is 19.6. The lowest BCUT2D eigenvalue weighted by molar-refractivity contribution is 1.09. The number of hydrogen-bond donors (Lipinski definition) is 0. The van der Waals surface area contributed by atoms with Crippen molar-refractivity contribution in [1.82, 2.24) is 19.1 Å². The van der Waals surface area contributed by atoms with Gasteiger partial charge in [-0.05, 0) is 47.5 Å². The van der Waals surface area contributed by atoms with Crippen molar-refractivity contribution in [3.63, 3.8) is 0 Å². The van der Waals surface area contributed by atoms with Crippen molar-refractivity contribution in [2.24, 2.45) is 0 Å². The molecule has 0 saturated heterocycles. The molecule has 0 radical (unpaired) electrons. The summed E-state index contributed by atoms with van der Waals surface area (Å²) in [6.45, 7) is 0. The second-order valence-electron chi connectivity index (χ2n) is 15.3. The standard InChI is InChI=1S/C52H28N4S2/c1-2-14-30-29(13-1)31-15-3-7-23-41(31)55-43-27-39-32-16-4-8-24-42(32)56(44(39)28-40(43)35-20-11-19-34(30)49(35)55)51-47(54-52-48(53-51)37-18-6-10-26-46(37)58-52)38-22-12-21-36-33-17-5-9-25-45(33)57-50(36)38/h1-28H. The molecule has 58 heavy (non-hydrogen) atoms. The summed E-state index contributed by atoms with van der Waals surface area (Å²) in [7, 11) is 0. The number of hydrogen-bond acceptors (Lipinski definition) is 4. The highest BCUT2D eigenvalue weighted by Gasteiger charge is 2.27. The maximum absolute atomic E-state index is 5.71. The van der Waals surface area contributed by atoms with Crippen molar-refractivity contribution < 1.29 is 0 Å². The molecule has 6 heterocycles. The van der Waals surface area contributed by atoms with Crippen LogP contribution in [0.1, 0.15) is 0 Å². The van der Waals surface area contributed by atoms with Gasteiger partial charge in [0.1, 0.15) is 16.0 Å². The van der Waals surface area contributed by atoms with Crippen molar-refractivity contribution in [3.05, 3.63) is 170 Å². The van der Waals surface area contributed by atoms with Crippen LogP contribution in [0.25, 0.3) is 129 Å². The summed E-state index contributed by atoms with van der Waals surface area (Å²) in [5, 5.41) is 8.48. The Kier molecular flexibility index (Phi) is 6.02.